The molecule has 0 aliphatic carbocycles. The molecule has 24 heavy (non-hydrogen) atoms. The van der Waals surface area contributed by atoms with Crippen LogP contribution in [0, 0.1) is 5.92 Å². The summed E-state index contributed by atoms with van der Waals surface area (Å²) in [6, 6.07) is 17.3. The summed E-state index contributed by atoms with van der Waals surface area (Å²) in [5.41, 5.74) is 1.79. The van der Waals surface area contributed by atoms with E-state index in [1.807, 2.05) is 59.5 Å². The topological polar surface area (TPSA) is 49.8 Å². The molecule has 2 aromatic carbocycles. The Morgan fingerprint density at radius 3 is 2.62 bits per heavy atom. The van der Waals surface area contributed by atoms with Crippen molar-refractivity contribution in [2.75, 3.05) is 13.7 Å². The van der Waals surface area contributed by atoms with Crippen molar-refractivity contribution in [1.82, 2.24) is 4.90 Å². The van der Waals surface area contributed by atoms with Gasteiger partial charge in [0.15, 0.2) is 0 Å². The standard InChI is InChI=1S/C20H23NO3/c1-24-18-12-6-5-10-16(18)19(22)17-11-7-13-21(20(17)23)14-15-8-3-2-4-9-15/h2-6,8-10,12,17,19,22H,7,11,13-14H2,1H3. The van der Waals surface area contributed by atoms with Crippen molar-refractivity contribution in [1.29, 1.82) is 0 Å². The van der Waals surface area contributed by atoms with Crippen LogP contribution >= 0.6 is 0 Å². The number of aliphatic hydroxyl groups excluding tert-OH is 1. The summed E-state index contributed by atoms with van der Waals surface area (Å²) in [6.45, 7) is 1.33. The molecule has 1 fully saturated rings. The fourth-order valence-electron chi connectivity index (χ4n) is 3.35. The zero-order chi connectivity index (χ0) is 16.9. The number of methoxy groups -OCH3 is 1. The molecule has 0 bridgehead atoms. The van der Waals surface area contributed by atoms with Gasteiger partial charge in [-0.05, 0) is 24.5 Å². The van der Waals surface area contributed by atoms with Gasteiger partial charge in [0.25, 0.3) is 0 Å². The highest BCUT2D eigenvalue weighted by molar-refractivity contribution is 5.80. The number of carbonyl (C=O) groups is 1. The minimum Gasteiger partial charge on any atom is -0.496 e. The molecule has 1 aliphatic heterocycles. The zero-order valence-corrected chi connectivity index (χ0v) is 13.9. The number of benzene rings is 2. The Labute approximate surface area is 142 Å². The molecule has 0 spiro atoms. The Kier molecular flexibility index (Phi) is 5.16. The minimum absolute atomic E-state index is 0.0171. The van der Waals surface area contributed by atoms with E-state index < -0.39 is 12.0 Å². The van der Waals surface area contributed by atoms with Gasteiger partial charge < -0.3 is 14.7 Å². The molecule has 1 amide bonds. The number of hydrogen-bond acceptors (Lipinski definition) is 3. The molecule has 0 saturated carbocycles. The largest absolute Gasteiger partial charge is 0.496 e. The Bertz CT molecular complexity index is 686. The van der Waals surface area contributed by atoms with Crippen LogP contribution < -0.4 is 4.74 Å². The number of aliphatic hydroxyl groups is 1. The van der Waals surface area contributed by atoms with Gasteiger partial charge in [0.2, 0.25) is 5.91 Å². The van der Waals surface area contributed by atoms with E-state index in [0.717, 1.165) is 18.5 Å². The van der Waals surface area contributed by atoms with Crippen LogP contribution in [0.15, 0.2) is 54.6 Å². The van der Waals surface area contributed by atoms with Gasteiger partial charge >= 0.3 is 0 Å². The third kappa shape index (κ3) is 3.44. The monoisotopic (exact) mass is 325 g/mol. The summed E-state index contributed by atoms with van der Waals surface area (Å²) >= 11 is 0. The second-order valence-electron chi connectivity index (χ2n) is 6.18. The summed E-state index contributed by atoms with van der Waals surface area (Å²) in [4.78, 5) is 14.7. The normalized spacial score (nSPS) is 19.2. The Hall–Kier alpha value is -2.33. The predicted octanol–water partition coefficient (Wildman–Crippen LogP) is 3.17. The van der Waals surface area contributed by atoms with Crippen LogP contribution in [0.5, 0.6) is 5.75 Å². The summed E-state index contributed by atoms with van der Waals surface area (Å²) in [5, 5.41) is 10.8. The molecule has 1 heterocycles. The lowest BCUT2D eigenvalue weighted by Crippen LogP contribution is -2.42. The first kappa shape index (κ1) is 16.5. The molecule has 4 heteroatoms. The fourth-order valence-corrected chi connectivity index (χ4v) is 3.35. The van der Waals surface area contributed by atoms with Gasteiger partial charge in [-0.15, -0.1) is 0 Å². The molecule has 4 nitrogen and oxygen atoms in total. The van der Waals surface area contributed by atoms with Crippen LogP contribution in [-0.2, 0) is 11.3 Å². The third-order valence-electron chi connectivity index (χ3n) is 4.63. The van der Waals surface area contributed by atoms with Crippen molar-refractivity contribution in [2.45, 2.75) is 25.5 Å². The number of ether oxygens (including phenoxy) is 1. The molecule has 3 rings (SSSR count). The second kappa shape index (κ2) is 7.49. The quantitative estimate of drug-likeness (QED) is 0.918. The third-order valence-corrected chi connectivity index (χ3v) is 4.63. The van der Waals surface area contributed by atoms with E-state index in [1.165, 1.54) is 0 Å². The lowest BCUT2D eigenvalue weighted by Gasteiger charge is -2.35. The van der Waals surface area contributed by atoms with Crippen molar-refractivity contribution < 1.29 is 14.6 Å². The number of amides is 1. The van der Waals surface area contributed by atoms with Crippen LogP contribution in [0.25, 0.3) is 0 Å². The Balaban J connectivity index is 1.77. The maximum Gasteiger partial charge on any atom is 0.228 e. The summed E-state index contributed by atoms with van der Waals surface area (Å²) in [6.07, 6.45) is 0.755. The summed E-state index contributed by atoms with van der Waals surface area (Å²) in [7, 11) is 1.58. The van der Waals surface area contributed by atoms with Crippen molar-refractivity contribution in [3.05, 3.63) is 65.7 Å². The molecule has 0 radical (unpaired) electrons. The van der Waals surface area contributed by atoms with Gasteiger partial charge in [-0.3, -0.25) is 4.79 Å². The molecule has 1 aliphatic rings. The fraction of sp³-hybridized carbons (Fsp3) is 0.350. The predicted molar refractivity (Wildman–Crippen MR) is 92.5 cm³/mol. The number of rotatable bonds is 5. The molecule has 2 atom stereocenters. The Morgan fingerprint density at radius 1 is 1.17 bits per heavy atom. The Morgan fingerprint density at radius 2 is 1.88 bits per heavy atom. The molecular formula is C20H23NO3. The lowest BCUT2D eigenvalue weighted by molar-refractivity contribution is -0.143. The van der Waals surface area contributed by atoms with Crippen molar-refractivity contribution in [2.24, 2.45) is 5.92 Å². The maximum atomic E-state index is 12.9. The number of carbonyl (C=O) groups excluding carboxylic acids is 1. The average Bonchev–Trinajstić information content (AvgIpc) is 2.64. The molecule has 0 aromatic heterocycles. The number of hydrogen-bond donors (Lipinski definition) is 1. The first-order chi connectivity index (χ1) is 11.7. The van der Waals surface area contributed by atoms with Gasteiger partial charge in [0.05, 0.1) is 19.1 Å². The van der Waals surface area contributed by atoms with Crippen molar-refractivity contribution in [3.8, 4) is 5.75 Å². The van der Waals surface area contributed by atoms with E-state index in [9.17, 15) is 9.90 Å². The average molecular weight is 325 g/mol. The highest BCUT2D eigenvalue weighted by Gasteiger charge is 2.35. The van der Waals surface area contributed by atoms with Gasteiger partial charge in [-0.1, -0.05) is 48.5 Å². The SMILES string of the molecule is COc1ccccc1C(O)C1CCCN(Cc2ccccc2)C1=O. The van der Waals surface area contributed by atoms with E-state index in [4.69, 9.17) is 4.74 Å². The van der Waals surface area contributed by atoms with Crippen molar-refractivity contribution >= 4 is 5.91 Å². The molecule has 2 unspecified atom stereocenters. The molecule has 1 saturated heterocycles. The van der Waals surface area contributed by atoms with Crippen molar-refractivity contribution in [3.63, 3.8) is 0 Å². The van der Waals surface area contributed by atoms with Crippen LogP contribution in [0.1, 0.15) is 30.1 Å². The van der Waals surface area contributed by atoms with E-state index in [2.05, 4.69) is 0 Å². The van der Waals surface area contributed by atoms with Crippen LogP contribution in [0.2, 0.25) is 0 Å². The second-order valence-corrected chi connectivity index (χ2v) is 6.18. The smallest absolute Gasteiger partial charge is 0.228 e. The number of likely N-dealkylation sites (tertiary alicyclic amines) is 1. The van der Waals surface area contributed by atoms with Crippen LogP contribution in [-0.4, -0.2) is 29.6 Å². The highest BCUT2D eigenvalue weighted by Crippen LogP contribution is 2.35. The van der Waals surface area contributed by atoms with Gasteiger partial charge in [0.1, 0.15) is 5.75 Å². The first-order valence-electron chi connectivity index (χ1n) is 8.34. The highest BCUT2D eigenvalue weighted by atomic mass is 16.5. The minimum atomic E-state index is -0.841. The number of piperidine rings is 1. The molecule has 126 valence electrons. The molecule has 1 N–H and O–H groups in total. The van der Waals surface area contributed by atoms with Crippen LogP contribution in [0.4, 0.5) is 0 Å². The maximum absolute atomic E-state index is 12.9. The molecule has 2 aromatic rings. The van der Waals surface area contributed by atoms with Crippen LogP contribution in [0.3, 0.4) is 0 Å². The zero-order valence-electron chi connectivity index (χ0n) is 13.9. The summed E-state index contributed by atoms with van der Waals surface area (Å²) in [5.74, 6) is 0.222. The van der Waals surface area contributed by atoms with E-state index in [0.29, 0.717) is 24.3 Å². The number of para-hydroxylation sites is 1. The van der Waals surface area contributed by atoms with Gasteiger partial charge in [-0.25, -0.2) is 0 Å². The molecular weight excluding hydrogens is 302 g/mol. The number of nitrogens with zero attached hydrogens (tertiary/aromatic N) is 1. The first-order valence-corrected chi connectivity index (χ1v) is 8.34. The summed E-state index contributed by atoms with van der Waals surface area (Å²) < 4.78 is 5.33. The van der Waals surface area contributed by atoms with Gasteiger partial charge in [-0.2, -0.15) is 0 Å². The van der Waals surface area contributed by atoms with Gasteiger partial charge in [0, 0.05) is 18.7 Å². The lowest BCUT2D eigenvalue weighted by atomic mass is 9.87. The van der Waals surface area contributed by atoms with E-state index in [1.54, 1.807) is 7.11 Å². The van der Waals surface area contributed by atoms with E-state index >= 15 is 0 Å². The van der Waals surface area contributed by atoms with E-state index in [-0.39, 0.29) is 5.91 Å².